The van der Waals surface area contributed by atoms with Gasteiger partial charge >= 0.3 is 0 Å². The third kappa shape index (κ3) is 18.0. The van der Waals surface area contributed by atoms with Gasteiger partial charge in [-0.2, -0.15) is 0 Å². The van der Waals surface area contributed by atoms with Crippen molar-refractivity contribution in [2.24, 2.45) is 0 Å². The average molecular weight is 186 g/mol. The second kappa shape index (κ2) is 5.22. The van der Waals surface area contributed by atoms with Gasteiger partial charge in [-0.15, -0.1) is 0 Å². The predicted octanol–water partition coefficient (Wildman–Crippen LogP) is 2.02. The number of hydrogen-bond donors (Lipinski definition) is 0. The Morgan fingerprint density at radius 3 is 1.00 bits per heavy atom. The van der Waals surface area contributed by atoms with Crippen LogP contribution in [0.1, 0.15) is 14.9 Å². The molecular weight excluding hydrogens is 166 g/mol. The molecule has 0 aromatic rings. The fourth-order valence-electron chi connectivity index (χ4n) is 0.678. The topological polar surface area (TPSA) is 9.23 Å². The van der Waals surface area contributed by atoms with Crippen molar-refractivity contribution in [1.82, 2.24) is 0 Å². The van der Waals surface area contributed by atoms with Gasteiger partial charge in [-0.1, -0.05) is 41.0 Å². The van der Waals surface area contributed by atoms with E-state index in [1.165, 1.54) is 0 Å². The summed E-state index contributed by atoms with van der Waals surface area (Å²) in [4.78, 5) is 0. The lowest BCUT2D eigenvalue weighted by atomic mass is 10.7. The highest BCUT2D eigenvalue weighted by Crippen LogP contribution is 2.06. The predicted molar refractivity (Wildman–Crippen MR) is 61.0 cm³/mol. The molecule has 0 aliphatic rings. The van der Waals surface area contributed by atoms with Crippen molar-refractivity contribution >= 4 is 31.3 Å². The molecule has 64 valence electrons. The average Bonchev–Trinajstić information content (AvgIpc) is 1.14. The van der Waals surface area contributed by atoms with Crippen molar-refractivity contribution in [3.63, 3.8) is 0 Å². The lowest BCUT2D eigenvalue weighted by Crippen LogP contribution is -2.45. The molecule has 11 heavy (non-hydrogen) atoms. The van der Waals surface area contributed by atoms with Crippen LogP contribution < -0.4 is 0 Å². The first kappa shape index (κ1) is 17.6. The summed E-state index contributed by atoms with van der Waals surface area (Å²) in [5, 5.41) is 0. The molecule has 0 saturated heterocycles. The highest BCUT2D eigenvalue weighted by atomic mass is 28.4. The van der Waals surface area contributed by atoms with Crippen molar-refractivity contribution in [2.75, 3.05) is 0 Å². The minimum atomic E-state index is -1.86. The normalized spacial score (nSPS) is 11.3. The van der Waals surface area contributed by atoms with Crippen molar-refractivity contribution in [3.05, 3.63) is 0 Å². The van der Waals surface area contributed by atoms with Crippen molar-refractivity contribution in [3.8, 4) is 0 Å². The Morgan fingerprint density at radius 1 is 0.818 bits per heavy atom. The van der Waals surface area contributed by atoms with E-state index >= 15 is 0 Å². The summed E-state index contributed by atoms with van der Waals surface area (Å²) in [6, 6.07) is 0. The Morgan fingerprint density at radius 2 is 1.00 bits per heavy atom. The monoisotopic (exact) mass is 186 g/mol. The van der Waals surface area contributed by atoms with E-state index in [1.807, 2.05) is 26.2 Å². The summed E-state index contributed by atoms with van der Waals surface area (Å²) in [6.07, 6.45) is 0. The fraction of sp³-hybridized carbons (Fsp3) is 1.00. The molecule has 0 bridgehead atoms. The molecule has 0 amide bonds. The third-order valence-corrected chi connectivity index (χ3v) is 4.73. The Kier molecular flexibility index (Phi) is 8.33. The Bertz CT molecular complexity index is 83.7. The molecule has 0 aliphatic carbocycles. The lowest BCUT2D eigenvalue weighted by molar-refractivity contribution is 0.589. The molecule has 0 aromatic carbocycles. The molecule has 0 aliphatic heterocycles. The standard InChI is InChI=1S/C4H12B2OSi2.2CH4/c1-8(2,5)7-9(3,4)6;;/h1-4H3;2*1H4. The summed E-state index contributed by atoms with van der Waals surface area (Å²) in [7, 11) is 7.67. The van der Waals surface area contributed by atoms with Crippen molar-refractivity contribution in [2.45, 2.75) is 41.0 Å². The van der Waals surface area contributed by atoms with Crippen LogP contribution in [-0.4, -0.2) is 31.3 Å². The fourth-order valence-corrected chi connectivity index (χ4v) is 6.10. The minimum absolute atomic E-state index is 0. The molecule has 1 nitrogen and oxygen atoms in total. The third-order valence-electron chi connectivity index (χ3n) is 0.526. The van der Waals surface area contributed by atoms with Crippen molar-refractivity contribution in [1.29, 1.82) is 0 Å². The van der Waals surface area contributed by atoms with Crippen LogP contribution in [0.25, 0.3) is 0 Å². The van der Waals surface area contributed by atoms with Crippen LogP contribution in [0.2, 0.25) is 26.2 Å². The van der Waals surface area contributed by atoms with E-state index < -0.39 is 16.4 Å². The van der Waals surface area contributed by atoms with Gasteiger partial charge in [0.2, 0.25) is 0 Å². The van der Waals surface area contributed by atoms with Crippen molar-refractivity contribution < 1.29 is 4.12 Å². The highest BCUT2D eigenvalue weighted by Gasteiger charge is 2.22. The van der Waals surface area contributed by atoms with Crippen LogP contribution in [0.4, 0.5) is 0 Å². The SMILES string of the molecule is C.C.[B][Si](C)(C)O[Si]([B])(C)C. The van der Waals surface area contributed by atoms with Gasteiger partial charge in [0, 0.05) is 0 Å². The molecule has 0 unspecified atom stereocenters. The summed E-state index contributed by atoms with van der Waals surface area (Å²) >= 11 is 0. The zero-order valence-corrected chi connectivity index (χ0v) is 8.56. The largest absolute Gasteiger partial charge is 0.470 e. The number of hydrogen-bond acceptors (Lipinski definition) is 1. The van der Waals surface area contributed by atoms with Gasteiger partial charge in [-0.05, 0) is 0 Å². The number of rotatable bonds is 2. The van der Waals surface area contributed by atoms with Gasteiger partial charge in [-0.25, -0.2) is 0 Å². The summed E-state index contributed by atoms with van der Waals surface area (Å²) in [5.74, 6) is 0. The zero-order chi connectivity index (χ0) is 7.71. The first-order chi connectivity index (χ1) is 3.71. The van der Waals surface area contributed by atoms with E-state index in [4.69, 9.17) is 19.0 Å². The molecule has 0 spiro atoms. The van der Waals surface area contributed by atoms with Gasteiger partial charge in [0.15, 0.2) is 0 Å². The van der Waals surface area contributed by atoms with Crippen LogP contribution in [0.3, 0.4) is 0 Å². The van der Waals surface area contributed by atoms with E-state index in [0.717, 1.165) is 0 Å². The zero-order valence-electron chi connectivity index (χ0n) is 6.56. The van der Waals surface area contributed by atoms with Crippen LogP contribution >= 0.6 is 0 Å². The molecule has 0 fully saturated rings. The maximum absolute atomic E-state index is 5.69. The molecule has 0 atom stereocenters. The first-order valence-corrected chi connectivity index (χ1v) is 8.96. The van der Waals surface area contributed by atoms with E-state index in [1.54, 1.807) is 0 Å². The van der Waals surface area contributed by atoms with Crippen LogP contribution in [-0.2, 0) is 4.12 Å². The summed E-state index contributed by atoms with van der Waals surface area (Å²) in [5.41, 5.74) is 0. The smallest absolute Gasteiger partial charge is 0.120 e. The molecule has 4 radical (unpaired) electrons. The quantitative estimate of drug-likeness (QED) is 0.599. The molecule has 0 N–H and O–H groups in total. The Balaban J connectivity index is -0.000000320. The van der Waals surface area contributed by atoms with Gasteiger partial charge in [0.25, 0.3) is 0 Å². The Hall–Kier alpha value is 0.524. The molecule has 0 rings (SSSR count). The summed E-state index contributed by atoms with van der Waals surface area (Å²) in [6.45, 7) is 7.76. The summed E-state index contributed by atoms with van der Waals surface area (Å²) < 4.78 is 5.46. The van der Waals surface area contributed by atoms with E-state index in [-0.39, 0.29) is 14.9 Å². The van der Waals surface area contributed by atoms with Gasteiger partial charge < -0.3 is 4.12 Å². The van der Waals surface area contributed by atoms with E-state index in [0.29, 0.717) is 0 Å². The highest BCUT2D eigenvalue weighted by molar-refractivity contribution is 7.21. The molecule has 0 saturated carbocycles. The molecule has 0 heterocycles. The van der Waals surface area contributed by atoms with Crippen LogP contribution in [0.5, 0.6) is 0 Å². The van der Waals surface area contributed by atoms with E-state index in [9.17, 15) is 0 Å². The second-order valence-electron chi connectivity index (χ2n) is 3.31. The van der Waals surface area contributed by atoms with Crippen LogP contribution in [0, 0.1) is 0 Å². The molecule has 0 aromatic heterocycles. The second-order valence-corrected chi connectivity index (χ2v) is 10.5. The van der Waals surface area contributed by atoms with Gasteiger partial charge in [0.1, 0.15) is 16.4 Å². The maximum Gasteiger partial charge on any atom is 0.120 e. The maximum atomic E-state index is 5.69. The molecule has 5 heteroatoms. The minimum Gasteiger partial charge on any atom is -0.470 e. The molecular formula is C6H20B2OSi2. The Labute approximate surface area is 76.9 Å². The van der Waals surface area contributed by atoms with Gasteiger partial charge in [0.05, 0.1) is 14.9 Å². The van der Waals surface area contributed by atoms with E-state index in [2.05, 4.69) is 0 Å². The van der Waals surface area contributed by atoms with Crippen LogP contribution in [0.15, 0.2) is 0 Å². The first-order valence-electron chi connectivity index (χ1n) is 2.99. The lowest BCUT2D eigenvalue weighted by Gasteiger charge is -2.29. The van der Waals surface area contributed by atoms with Gasteiger partial charge in [-0.3, -0.25) is 0 Å².